The number of furan rings is 1. The van der Waals surface area contributed by atoms with Gasteiger partial charge in [-0.15, -0.1) is 0 Å². The van der Waals surface area contributed by atoms with Crippen molar-refractivity contribution in [3.05, 3.63) is 84.1 Å². The Kier molecular flexibility index (Phi) is 7.24. The Morgan fingerprint density at radius 3 is 2.59 bits per heavy atom. The molecule has 0 bridgehead atoms. The second kappa shape index (κ2) is 10.7. The van der Waals surface area contributed by atoms with Crippen molar-refractivity contribution in [2.75, 3.05) is 17.2 Å². The highest BCUT2D eigenvalue weighted by atomic mass is 19.1. The highest BCUT2D eigenvalue weighted by Gasteiger charge is 2.21. The Hall–Kier alpha value is -5.05. The lowest BCUT2D eigenvalue weighted by Gasteiger charge is -2.15. The number of nitriles is 1. The predicted molar refractivity (Wildman–Crippen MR) is 134 cm³/mol. The van der Waals surface area contributed by atoms with Crippen LogP contribution in [-0.2, 0) is 4.79 Å². The minimum absolute atomic E-state index is 0.00685. The van der Waals surface area contributed by atoms with Crippen molar-refractivity contribution in [3.63, 3.8) is 0 Å². The van der Waals surface area contributed by atoms with E-state index >= 15 is 0 Å². The van der Waals surface area contributed by atoms with Crippen molar-refractivity contribution in [1.82, 2.24) is 4.98 Å². The minimum Gasteiger partial charge on any atom is -0.507 e. The van der Waals surface area contributed by atoms with E-state index in [1.165, 1.54) is 30.5 Å². The van der Waals surface area contributed by atoms with Crippen LogP contribution in [0.1, 0.15) is 16.1 Å². The molecule has 2 aromatic heterocycles. The van der Waals surface area contributed by atoms with Gasteiger partial charge in [-0.25, -0.2) is 9.37 Å². The van der Waals surface area contributed by atoms with Crippen LogP contribution in [0.4, 0.5) is 15.9 Å². The molecule has 10 nitrogen and oxygen atoms in total. The van der Waals surface area contributed by atoms with Crippen LogP contribution in [0.25, 0.3) is 22.4 Å². The first-order valence-corrected chi connectivity index (χ1v) is 11.0. The number of hydrogen-bond acceptors (Lipinski definition) is 8. The van der Waals surface area contributed by atoms with E-state index in [-0.39, 0.29) is 40.7 Å². The van der Waals surface area contributed by atoms with Gasteiger partial charge in [0.25, 0.3) is 5.91 Å². The SMILES string of the molecule is N#Cc1c(-c2cccc(NC(=O)[C@@H](N)CN)c2)cc(-c2ccc(F)cc2O)nc1NC(=O)c1ccco1. The summed E-state index contributed by atoms with van der Waals surface area (Å²) >= 11 is 0. The van der Waals surface area contributed by atoms with Crippen molar-refractivity contribution < 1.29 is 23.5 Å². The van der Waals surface area contributed by atoms with E-state index in [1.54, 1.807) is 24.3 Å². The number of rotatable bonds is 7. The van der Waals surface area contributed by atoms with Crippen LogP contribution in [0.2, 0.25) is 0 Å². The van der Waals surface area contributed by atoms with Crippen LogP contribution in [0.3, 0.4) is 0 Å². The monoisotopic (exact) mass is 500 g/mol. The molecular weight excluding hydrogens is 479 g/mol. The number of aromatic hydroxyl groups is 1. The Morgan fingerprint density at radius 2 is 1.92 bits per heavy atom. The Morgan fingerprint density at radius 1 is 1.11 bits per heavy atom. The van der Waals surface area contributed by atoms with E-state index in [0.29, 0.717) is 16.8 Å². The molecule has 1 atom stereocenters. The smallest absolute Gasteiger partial charge is 0.292 e. The second-order valence-corrected chi connectivity index (χ2v) is 7.90. The number of aromatic nitrogens is 1. The van der Waals surface area contributed by atoms with Gasteiger partial charge >= 0.3 is 0 Å². The van der Waals surface area contributed by atoms with Gasteiger partial charge in [0.15, 0.2) is 11.6 Å². The number of nitrogens with one attached hydrogen (secondary N) is 2. The van der Waals surface area contributed by atoms with E-state index in [4.69, 9.17) is 15.9 Å². The zero-order chi connectivity index (χ0) is 26.5. The van der Waals surface area contributed by atoms with E-state index in [9.17, 15) is 24.3 Å². The van der Waals surface area contributed by atoms with Gasteiger partial charge in [-0.1, -0.05) is 12.1 Å². The van der Waals surface area contributed by atoms with E-state index < -0.39 is 23.7 Å². The number of benzene rings is 2. The van der Waals surface area contributed by atoms with Gasteiger partial charge in [-0.05, 0) is 48.0 Å². The molecule has 0 aliphatic heterocycles. The molecule has 0 saturated heterocycles. The van der Waals surface area contributed by atoms with Crippen LogP contribution in [0, 0.1) is 17.1 Å². The molecule has 186 valence electrons. The Balaban J connectivity index is 1.86. The van der Waals surface area contributed by atoms with Crippen molar-refractivity contribution >= 4 is 23.3 Å². The fourth-order valence-corrected chi connectivity index (χ4v) is 3.52. The maximum atomic E-state index is 13.6. The third-order valence-corrected chi connectivity index (χ3v) is 5.38. The average Bonchev–Trinajstić information content (AvgIpc) is 3.43. The molecule has 2 amide bonds. The molecular formula is C26H21FN6O4. The summed E-state index contributed by atoms with van der Waals surface area (Å²) in [6.45, 7) is -0.0439. The molecule has 0 aliphatic rings. The number of anilines is 2. The molecule has 4 aromatic rings. The number of amides is 2. The molecule has 0 unspecified atom stereocenters. The van der Waals surface area contributed by atoms with Crippen LogP contribution in [0.5, 0.6) is 5.75 Å². The number of carbonyl (C=O) groups excluding carboxylic acids is 2. The number of hydrogen-bond donors (Lipinski definition) is 5. The van der Waals surface area contributed by atoms with E-state index in [1.807, 2.05) is 6.07 Å². The summed E-state index contributed by atoms with van der Waals surface area (Å²) in [6.07, 6.45) is 1.32. The fourth-order valence-electron chi connectivity index (χ4n) is 3.52. The number of halogens is 1. The van der Waals surface area contributed by atoms with Gasteiger partial charge in [0, 0.05) is 29.4 Å². The van der Waals surface area contributed by atoms with Crippen molar-refractivity contribution in [1.29, 1.82) is 5.26 Å². The second-order valence-electron chi connectivity index (χ2n) is 7.90. The number of pyridine rings is 1. The molecule has 0 saturated carbocycles. The zero-order valence-corrected chi connectivity index (χ0v) is 19.2. The van der Waals surface area contributed by atoms with E-state index in [2.05, 4.69) is 15.6 Å². The number of nitrogens with two attached hydrogens (primary N) is 2. The maximum Gasteiger partial charge on any atom is 0.292 e. The predicted octanol–water partition coefficient (Wildman–Crippen LogP) is 3.20. The molecule has 7 N–H and O–H groups in total. The number of phenols is 1. The van der Waals surface area contributed by atoms with Gasteiger partial charge in [-0.3, -0.25) is 9.59 Å². The van der Waals surface area contributed by atoms with Crippen molar-refractivity contribution in [2.45, 2.75) is 6.04 Å². The largest absolute Gasteiger partial charge is 0.507 e. The van der Waals surface area contributed by atoms with Crippen LogP contribution in [0.15, 0.2) is 71.3 Å². The van der Waals surface area contributed by atoms with Gasteiger partial charge in [0.05, 0.1) is 18.0 Å². The Labute approximate surface area is 210 Å². The van der Waals surface area contributed by atoms with Gasteiger partial charge in [-0.2, -0.15) is 5.26 Å². The van der Waals surface area contributed by atoms with Crippen LogP contribution < -0.4 is 22.1 Å². The average molecular weight is 500 g/mol. The molecule has 0 fully saturated rings. The standard InChI is InChI=1S/C26H21FN6O4/c27-15-6-7-17(22(34)10-15)21-11-18(14-3-1-4-16(9-14)31-25(35)20(30)13-29)19(12-28)24(32-21)33-26(36)23-5-2-8-37-23/h1-11,20,34H,13,29-30H2,(H,31,35)(H,32,33,36)/t20-/m0/s1. The van der Waals surface area contributed by atoms with Crippen LogP contribution in [-0.4, -0.2) is 34.5 Å². The lowest BCUT2D eigenvalue weighted by Crippen LogP contribution is -2.41. The molecule has 0 spiro atoms. The molecule has 2 aromatic carbocycles. The molecule has 4 rings (SSSR count). The topological polar surface area (TPSA) is 180 Å². The first kappa shape index (κ1) is 25.1. The summed E-state index contributed by atoms with van der Waals surface area (Å²) in [6, 6.07) is 15.6. The van der Waals surface area contributed by atoms with Crippen molar-refractivity contribution in [3.8, 4) is 34.2 Å². The zero-order valence-electron chi connectivity index (χ0n) is 19.2. The number of phenolic OH excluding ortho intramolecular Hbond substituents is 1. The summed E-state index contributed by atoms with van der Waals surface area (Å²) in [5.41, 5.74) is 12.7. The lowest BCUT2D eigenvalue weighted by atomic mass is 9.97. The summed E-state index contributed by atoms with van der Waals surface area (Å²) in [7, 11) is 0. The summed E-state index contributed by atoms with van der Waals surface area (Å²) in [5.74, 6) is -2.30. The van der Waals surface area contributed by atoms with Crippen molar-refractivity contribution in [2.24, 2.45) is 11.5 Å². The third-order valence-electron chi connectivity index (χ3n) is 5.38. The molecule has 0 aliphatic carbocycles. The van der Waals surface area contributed by atoms with Gasteiger partial charge < -0.3 is 31.6 Å². The minimum atomic E-state index is -0.907. The Bertz CT molecular complexity index is 1510. The maximum absolute atomic E-state index is 13.6. The third kappa shape index (κ3) is 5.46. The fraction of sp³-hybridized carbons (Fsp3) is 0.0769. The summed E-state index contributed by atoms with van der Waals surface area (Å²) < 4.78 is 18.7. The molecule has 0 radical (unpaired) electrons. The normalized spacial score (nSPS) is 11.4. The number of nitrogens with zero attached hydrogens (tertiary/aromatic N) is 2. The van der Waals surface area contributed by atoms with E-state index in [0.717, 1.165) is 12.1 Å². The molecule has 11 heteroatoms. The molecule has 37 heavy (non-hydrogen) atoms. The highest BCUT2D eigenvalue weighted by Crippen LogP contribution is 2.36. The first-order chi connectivity index (χ1) is 17.8. The quantitative estimate of drug-likeness (QED) is 0.256. The van der Waals surface area contributed by atoms with Gasteiger partial charge in [0.1, 0.15) is 23.2 Å². The first-order valence-electron chi connectivity index (χ1n) is 11.0. The summed E-state index contributed by atoms with van der Waals surface area (Å²) in [5, 5.41) is 25.6. The highest BCUT2D eigenvalue weighted by molar-refractivity contribution is 6.03. The lowest BCUT2D eigenvalue weighted by molar-refractivity contribution is -0.117. The van der Waals surface area contributed by atoms with Crippen LogP contribution >= 0.6 is 0 Å². The summed E-state index contributed by atoms with van der Waals surface area (Å²) in [4.78, 5) is 29.3. The number of carbonyl (C=O) groups is 2. The molecule has 2 heterocycles. The van der Waals surface area contributed by atoms with Gasteiger partial charge in [0.2, 0.25) is 5.91 Å².